The van der Waals surface area contributed by atoms with Gasteiger partial charge < -0.3 is 25.1 Å². The summed E-state index contributed by atoms with van der Waals surface area (Å²) in [4.78, 5) is 84.1. The number of oxime groups is 1. The number of amides is 4. The van der Waals surface area contributed by atoms with E-state index in [-0.39, 0.29) is 27.9 Å². The summed E-state index contributed by atoms with van der Waals surface area (Å²) in [6.45, 7) is 4.59. The number of rotatable bonds is 14. The molecule has 0 radical (unpaired) electrons. The number of β-lactam (4-membered cyclic amide) rings is 1. The molecule has 52 heavy (non-hydrogen) atoms. The number of alkyl halides is 3. The molecule has 2 aromatic rings. The van der Waals surface area contributed by atoms with Crippen LogP contribution in [0.25, 0.3) is 0 Å². The summed E-state index contributed by atoms with van der Waals surface area (Å²) >= 11 is 2.40. The number of tetrazole rings is 1. The van der Waals surface area contributed by atoms with Crippen LogP contribution in [0, 0.1) is 0 Å². The number of thioether (sulfide) groups is 2. The van der Waals surface area contributed by atoms with Crippen molar-refractivity contribution in [1.29, 1.82) is 0 Å². The van der Waals surface area contributed by atoms with Crippen molar-refractivity contribution in [3.8, 4) is 0 Å². The second-order valence-corrected chi connectivity index (χ2v) is 14.2. The Morgan fingerprint density at radius 1 is 1.19 bits per heavy atom. The Morgan fingerprint density at radius 2 is 1.88 bits per heavy atom. The lowest BCUT2D eigenvalue weighted by Gasteiger charge is -2.49. The van der Waals surface area contributed by atoms with Gasteiger partial charge in [-0.25, -0.2) is 24.7 Å². The van der Waals surface area contributed by atoms with Gasteiger partial charge in [0.25, 0.3) is 17.7 Å². The van der Waals surface area contributed by atoms with E-state index in [0.29, 0.717) is 11.3 Å². The zero-order chi connectivity index (χ0) is 38.7. The number of carboxylic acid groups (broad SMARTS) is 2. The largest absolute Gasteiger partial charge is 0.479 e. The topological polar surface area (TPSA) is 290 Å². The molecule has 282 valence electrons. The zero-order valence-electron chi connectivity index (χ0n) is 26.9. The number of carbonyl (C=O) groups excluding carboxylic acids is 4. The third-order valence-corrected chi connectivity index (χ3v) is 9.77. The van der Waals surface area contributed by atoms with Gasteiger partial charge in [0.1, 0.15) is 29.9 Å². The van der Waals surface area contributed by atoms with Gasteiger partial charge in [-0.1, -0.05) is 16.9 Å². The lowest BCUT2D eigenvalue weighted by atomic mass is 10.0. The monoisotopic (exact) mass is 796 g/mol. The molecule has 21 nitrogen and oxygen atoms in total. The number of aliphatic carboxylic acids is 2. The number of anilines is 1. The van der Waals surface area contributed by atoms with Crippen molar-refractivity contribution in [3.05, 3.63) is 22.3 Å². The zero-order valence-corrected chi connectivity index (χ0v) is 29.3. The minimum Gasteiger partial charge on any atom is -0.479 e. The summed E-state index contributed by atoms with van der Waals surface area (Å²) in [6, 6.07) is -3.10. The first-order valence-corrected chi connectivity index (χ1v) is 17.1. The van der Waals surface area contributed by atoms with Crippen LogP contribution in [0.5, 0.6) is 0 Å². The van der Waals surface area contributed by atoms with E-state index in [1.165, 1.54) is 31.6 Å². The second kappa shape index (κ2) is 15.8. The van der Waals surface area contributed by atoms with Crippen molar-refractivity contribution in [3.63, 3.8) is 0 Å². The van der Waals surface area contributed by atoms with Gasteiger partial charge in [0.2, 0.25) is 5.16 Å². The first kappa shape index (κ1) is 39.9. The van der Waals surface area contributed by atoms with E-state index in [2.05, 4.69) is 35.8 Å². The minimum atomic E-state index is -5.20. The highest BCUT2D eigenvalue weighted by atomic mass is 32.2. The number of carbonyl (C=O) groups is 6. The Morgan fingerprint density at radius 3 is 2.46 bits per heavy atom. The smallest absolute Gasteiger partial charge is 0.471 e. The number of ether oxygens (including phenoxy) is 1. The van der Waals surface area contributed by atoms with E-state index in [0.717, 1.165) is 45.6 Å². The number of nitrogens with one attached hydrogen (secondary N) is 3. The molecule has 4 atom stereocenters. The van der Waals surface area contributed by atoms with E-state index in [1.54, 1.807) is 0 Å². The number of aromatic nitrogens is 5. The van der Waals surface area contributed by atoms with E-state index in [4.69, 9.17) is 4.74 Å². The van der Waals surface area contributed by atoms with Crippen LogP contribution in [-0.4, -0.2) is 135 Å². The standard InChI is InChI=1S/C25H27F3N10O11S3/c1-24(2,3)49-14(20(44)45)13(16(40)33-47)38-23(32-35-36-38)52-6-8-5-50-18-11(17(41)37(18)12(8)19(42)43)30-15(39)10(34-48-4)9-7-51-22(29-9)31-21(46)25(26,27)28/h7,11,13-14,18,47H,5-6H2,1-4H3,(H,30,39)(H,33,40)(H,42,43)(H,44,45)(H,29,31,46)/t11?,13?,14?,18-/m0/s1. The van der Waals surface area contributed by atoms with Crippen molar-refractivity contribution < 1.29 is 66.9 Å². The van der Waals surface area contributed by atoms with Crippen molar-refractivity contribution in [2.45, 2.75) is 61.3 Å². The van der Waals surface area contributed by atoms with Gasteiger partial charge in [0.15, 0.2) is 23.0 Å². The third kappa shape index (κ3) is 8.77. The number of hydroxylamine groups is 1. The number of hydrogen-bond acceptors (Lipinski definition) is 17. The maximum absolute atomic E-state index is 13.2. The van der Waals surface area contributed by atoms with Crippen molar-refractivity contribution in [1.82, 2.24) is 40.9 Å². The van der Waals surface area contributed by atoms with Crippen LogP contribution in [0.15, 0.2) is 27.0 Å². The Hall–Kier alpha value is -4.86. The van der Waals surface area contributed by atoms with Crippen LogP contribution >= 0.6 is 34.9 Å². The predicted molar refractivity (Wildman–Crippen MR) is 170 cm³/mol. The molecule has 2 aliphatic heterocycles. The summed E-state index contributed by atoms with van der Waals surface area (Å²) in [6.07, 6.45) is -7.09. The van der Waals surface area contributed by atoms with Gasteiger partial charge in [-0.15, -0.1) is 28.2 Å². The van der Waals surface area contributed by atoms with E-state index in [1.807, 2.05) is 0 Å². The van der Waals surface area contributed by atoms with E-state index >= 15 is 0 Å². The Labute approximate surface area is 301 Å². The summed E-state index contributed by atoms with van der Waals surface area (Å²) in [5.74, 6) is -8.69. The molecule has 27 heteroatoms. The first-order valence-electron chi connectivity index (χ1n) is 14.2. The minimum absolute atomic E-state index is 0.00414. The van der Waals surface area contributed by atoms with E-state index in [9.17, 15) is 57.4 Å². The van der Waals surface area contributed by atoms with Crippen molar-refractivity contribution in [2.24, 2.45) is 5.16 Å². The molecule has 2 aromatic heterocycles. The number of carboxylic acids is 2. The van der Waals surface area contributed by atoms with Gasteiger partial charge in [-0.3, -0.25) is 34.6 Å². The van der Waals surface area contributed by atoms with Gasteiger partial charge >= 0.3 is 24.0 Å². The third-order valence-electron chi connectivity index (χ3n) is 6.65. The second-order valence-electron chi connectivity index (χ2n) is 11.3. The van der Waals surface area contributed by atoms with Crippen molar-refractivity contribution in [2.75, 3.05) is 23.9 Å². The lowest BCUT2D eigenvalue weighted by molar-refractivity contribution is -0.171. The maximum atomic E-state index is 13.2. The fourth-order valence-electron chi connectivity index (χ4n) is 4.59. The quantitative estimate of drug-likeness (QED) is 0.0475. The van der Waals surface area contributed by atoms with Crippen LogP contribution in [-0.2, 0) is 38.3 Å². The Balaban J connectivity index is 1.51. The number of hydrogen-bond donors (Lipinski definition) is 6. The molecule has 0 aromatic carbocycles. The molecule has 0 spiro atoms. The maximum Gasteiger partial charge on any atom is 0.471 e. The molecule has 1 fully saturated rings. The summed E-state index contributed by atoms with van der Waals surface area (Å²) < 4.78 is 44.2. The average Bonchev–Trinajstić information content (AvgIpc) is 3.72. The highest BCUT2D eigenvalue weighted by Gasteiger charge is 2.54. The molecule has 4 amide bonds. The van der Waals surface area contributed by atoms with Crippen LogP contribution < -0.4 is 16.1 Å². The van der Waals surface area contributed by atoms with Crippen LogP contribution in [0.1, 0.15) is 32.5 Å². The molecule has 3 unspecified atom stereocenters. The molecule has 4 rings (SSSR count). The van der Waals surface area contributed by atoms with Gasteiger partial charge in [0, 0.05) is 16.9 Å². The molecule has 0 bridgehead atoms. The highest BCUT2D eigenvalue weighted by Crippen LogP contribution is 2.42. The van der Waals surface area contributed by atoms with Crippen LogP contribution in [0.3, 0.4) is 0 Å². The first-order chi connectivity index (χ1) is 24.3. The molecule has 2 aliphatic rings. The van der Waals surface area contributed by atoms with Gasteiger partial charge in [-0.2, -0.15) is 13.2 Å². The molecule has 1 saturated heterocycles. The molecular formula is C25H27F3N10O11S3. The predicted octanol–water partition coefficient (Wildman–Crippen LogP) is -0.173. The molecule has 0 saturated carbocycles. The van der Waals surface area contributed by atoms with E-state index < -0.39 is 87.4 Å². The summed E-state index contributed by atoms with van der Waals surface area (Å²) in [7, 11) is 1.06. The molecular weight excluding hydrogens is 770 g/mol. The normalized spacial score (nSPS) is 18.9. The van der Waals surface area contributed by atoms with Gasteiger partial charge in [-0.05, 0) is 36.8 Å². The Bertz CT molecular complexity index is 1830. The highest BCUT2D eigenvalue weighted by molar-refractivity contribution is 8.01. The number of halogens is 3. The van der Waals surface area contributed by atoms with Crippen LogP contribution in [0.2, 0.25) is 0 Å². The number of fused-ring (bicyclic) bond motifs is 1. The molecule has 0 aliphatic carbocycles. The molecule has 4 heterocycles. The SMILES string of the molecule is CON=C(C(=O)NC1C(=O)N2C(C(=O)O)=C(CSc3nnnn3C(C(=O)NO)C(OC(C)(C)C)C(=O)O)CS[C@@H]12)c1csc(NC(=O)C(F)(F)F)n1. The molecule has 6 N–H and O–H groups in total. The number of nitrogens with zero attached hydrogens (tertiary/aromatic N) is 7. The summed E-state index contributed by atoms with van der Waals surface area (Å²) in [5, 5.41) is 47.2. The summed E-state index contributed by atoms with van der Waals surface area (Å²) in [5.41, 5.74) is -0.806. The lowest BCUT2D eigenvalue weighted by Crippen LogP contribution is -2.71. The fourth-order valence-corrected chi connectivity index (χ4v) is 7.67. The van der Waals surface area contributed by atoms with Crippen molar-refractivity contribution >= 4 is 81.3 Å². The fraction of sp³-hybridized carbons (Fsp3) is 0.480. The number of thiazole rings is 1. The van der Waals surface area contributed by atoms with Crippen LogP contribution in [0.4, 0.5) is 18.3 Å². The Kier molecular flexibility index (Phi) is 12.1. The van der Waals surface area contributed by atoms with Gasteiger partial charge in [0.05, 0.1) is 5.60 Å². The average molecular weight is 797 g/mol.